The van der Waals surface area contributed by atoms with E-state index < -0.39 is 17.7 Å². The van der Waals surface area contributed by atoms with E-state index in [1.807, 2.05) is 0 Å². The molecule has 130 valence electrons. The molecule has 0 spiro atoms. The number of primary amides is 3. The predicted octanol–water partition coefficient (Wildman–Crippen LogP) is 1.77. The van der Waals surface area contributed by atoms with Crippen molar-refractivity contribution in [2.45, 2.75) is 0 Å². The Hall–Kier alpha value is -3.52. The maximum atomic E-state index is 12.3. The lowest BCUT2D eigenvalue weighted by molar-refractivity contribution is 0.0990. The number of nitrogens with two attached hydrogens (primary N) is 3. The minimum absolute atomic E-state index is 0.109. The second-order valence-electron chi connectivity index (χ2n) is 5.42. The molecule has 0 aliphatic heterocycles. The molecular weight excluding hydrogens is 352 g/mol. The number of rotatable bonds is 5. The largest absolute Gasteiger partial charge is 0.366 e. The summed E-state index contributed by atoms with van der Waals surface area (Å²) in [6, 6.07) is 9.55. The maximum Gasteiger partial charge on any atom is 0.250 e. The van der Waals surface area contributed by atoms with Gasteiger partial charge in [0, 0.05) is 22.7 Å². The van der Waals surface area contributed by atoms with Gasteiger partial charge in [-0.1, -0.05) is 18.2 Å². The molecule has 8 heteroatoms. The van der Waals surface area contributed by atoms with Crippen LogP contribution < -0.4 is 17.2 Å². The van der Waals surface area contributed by atoms with Crippen molar-refractivity contribution in [3.8, 4) is 21.7 Å². The van der Waals surface area contributed by atoms with Crippen LogP contribution in [0.4, 0.5) is 0 Å². The number of aromatic nitrogens is 1. The molecule has 0 saturated carbocycles. The van der Waals surface area contributed by atoms with E-state index in [1.54, 1.807) is 41.9 Å². The lowest BCUT2D eigenvalue weighted by Crippen LogP contribution is -2.19. The second kappa shape index (κ2) is 6.77. The Kier molecular flexibility index (Phi) is 4.51. The van der Waals surface area contributed by atoms with Crippen molar-refractivity contribution < 1.29 is 14.4 Å². The van der Waals surface area contributed by atoms with Crippen LogP contribution in [0.25, 0.3) is 21.7 Å². The van der Waals surface area contributed by atoms with E-state index in [0.29, 0.717) is 16.1 Å². The van der Waals surface area contributed by atoms with Crippen LogP contribution in [0.5, 0.6) is 0 Å². The van der Waals surface area contributed by atoms with Gasteiger partial charge in [0.2, 0.25) is 17.7 Å². The summed E-state index contributed by atoms with van der Waals surface area (Å²) >= 11 is 1.25. The highest BCUT2D eigenvalue weighted by Crippen LogP contribution is 2.36. The number of carbonyl (C=O) groups is 3. The van der Waals surface area contributed by atoms with E-state index in [2.05, 4.69) is 4.98 Å². The molecule has 6 N–H and O–H groups in total. The predicted molar refractivity (Wildman–Crippen MR) is 98.5 cm³/mol. The summed E-state index contributed by atoms with van der Waals surface area (Å²) in [7, 11) is 0. The first-order valence-electron chi connectivity index (χ1n) is 7.47. The van der Waals surface area contributed by atoms with Gasteiger partial charge >= 0.3 is 0 Å². The molecule has 0 fully saturated rings. The van der Waals surface area contributed by atoms with Crippen LogP contribution in [0.2, 0.25) is 0 Å². The van der Waals surface area contributed by atoms with Gasteiger partial charge in [-0.3, -0.25) is 14.4 Å². The van der Waals surface area contributed by atoms with Gasteiger partial charge in [0.1, 0.15) is 5.01 Å². The number of amides is 3. The Balaban J connectivity index is 2.36. The Morgan fingerprint density at radius 2 is 1.69 bits per heavy atom. The molecule has 3 amide bonds. The Labute approximate surface area is 152 Å². The molecule has 0 radical (unpaired) electrons. The fourth-order valence-corrected chi connectivity index (χ4v) is 3.42. The first-order chi connectivity index (χ1) is 12.4. The van der Waals surface area contributed by atoms with Crippen molar-refractivity contribution >= 4 is 29.1 Å². The van der Waals surface area contributed by atoms with E-state index >= 15 is 0 Å². The average molecular weight is 366 g/mol. The Morgan fingerprint density at radius 3 is 2.27 bits per heavy atom. The van der Waals surface area contributed by atoms with Crippen LogP contribution in [0.1, 0.15) is 31.1 Å². The van der Waals surface area contributed by atoms with Crippen LogP contribution >= 0.6 is 11.3 Å². The van der Waals surface area contributed by atoms with E-state index in [0.717, 1.165) is 0 Å². The summed E-state index contributed by atoms with van der Waals surface area (Å²) in [5.41, 5.74) is 18.2. The lowest BCUT2D eigenvalue weighted by Gasteiger charge is -2.15. The first kappa shape index (κ1) is 17.3. The molecule has 3 rings (SSSR count). The van der Waals surface area contributed by atoms with Crippen molar-refractivity contribution in [1.82, 2.24) is 4.98 Å². The van der Waals surface area contributed by atoms with Gasteiger partial charge in [-0.15, -0.1) is 11.3 Å². The van der Waals surface area contributed by atoms with Gasteiger partial charge in [0.15, 0.2) is 0 Å². The highest BCUT2D eigenvalue weighted by atomic mass is 32.1. The molecule has 0 unspecified atom stereocenters. The summed E-state index contributed by atoms with van der Waals surface area (Å²) in [4.78, 5) is 39.8. The first-order valence-corrected chi connectivity index (χ1v) is 8.35. The third-order valence-electron chi connectivity index (χ3n) is 3.82. The van der Waals surface area contributed by atoms with E-state index in [-0.39, 0.29) is 22.3 Å². The summed E-state index contributed by atoms with van der Waals surface area (Å²) in [6.45, 7) is 0. The number of carbonyl (C=O) groups excluding carboxylic acids is 3. The quantitative estimate of drug-likeness (QED) is 0.632. The Morgan fingerprint density at radius 1 is 0.923 bits per heavy atom. The fraction of sp³-hybridized carbons (Fsp3) is 0. The second-order valence-corrected chi connectivity index (χ2v) is 6.32. The van der Waals surface area contributed by atoms with E-state index in [9.17, 15) is 14.4 Å². The van der Waals surface area contributed by atoms with E-state index in [1.165, 1.54) is 17.4 Å². The normalized spacial score (nSPS) is 10.5. The minimum Gasteiger partial charge on any atom is -0.366 e. The minimum atomic E-state index is -0.738. The SMILES string of the molecule is NC(=O)c1cccc(-c2ccc(C(N)=O)c(-c3nccs3)c2C(N)=O)c1. The fourth-order valence-electron chi connectivity index (χ4n) is 2.71. The highest BCUT2D eigenvalue weighted by molar-refractivity contribution is 7.13. The smallest absolute Gasteiger partial charge is 0.250 e. The van der Waals surface area contributed by atoms with Crippen LogP contribution in [-0.4, -0.2) is 22.7 Å². The third-order valence-corrected chi connectivity index (χ3v) is 4.61. The average Bonchev–Trinajstić information content (AvgIpc) is 3.14. The van der Waals surface area contributed by atoms with Gasteiger partial charge in [-0.25, -0.2) is 4.98 Å². The monoisotopic (exact) mass is 366 g/mol. The van der Waals surface area contributed by atoms with E-state index in [4.69, 9.17) is 17.2 Å². The number of thiazole rings is 1. The molecule has 1 aromatic heterocycles. The van der Waals surface area contributed by atoms with Gasteiger partial charge in [0.25, 0.3) is 0 Å². The molecule has 0 bridgehead atoms. The molecule has 3 aromatic rings. The summed E-state index contributed by atoms with van der Waals surface area (Å²) in [5.74, 6) is -2.03. The number of hydrogen-bond acceptors (Lipinski definition) is 5. The van der Waals surface area contributed by atoms with Crippen LogP contribution in [-0.2, 0) is 0 Å². The molecule has 0 aliphatic carbocycles. The maximum absolute atomic E-state index is 12.3. The summed E-state index contributed by atoms with van der Waals surface area (Å²) < 4.78 is 0. The number of nitrogens with zero attached hydrogens (tertiary/aromatic N) is 1. The molecule has 26 heavy (non-hydrogen) atoms. The van der Waals surface area contributed by atoms with Crippen LogP contribution in [0, 0.1) is 0 Å². The number of hydrogen-bond donors (Lipinski definition) is 3. The highest BCUT2D eigenvalue weighted by Gasteiger charge is 2.24. The third kappa shape index (κ3) is 3.05. The van der Waals surface area contributed by atoms with Gasteiger partial charge < -0.3 is 17.2 Å². The molecule has 0 atom stereocenters. The van der Waals surface area contributed by atoms with Gasteiger partial charge in [-0.05, 0) is 29.3 Å². The summed E-state index contributed by atoms with van der Waals surface area (Å²) in [6.07, 6.45) is 1.55. The molecule has 2 aromatic carbocycles. The molecular formula is C18H14N4O3S. The Bertz CT molecular complexity index is 1030. The van der Waals surface area contributed by atoms with Crippen molar-refractivity contribution in [2.24, 2.45) is 17.2 Å². The zero-order chi connectivity index (χ0) is 18.8. The van der Waals surface area contributed by atoms with Crippen molar-refractivity contribution in [3.63, 3.8) is 0 Å². The zero-order valence-electron chi connectivity index (χ0n) is 13.4. The van der Waals surface area contributed by atoms with Gasteiger partial charge in [0.05, 0.1) is 11.1 Å². The topological polar surface area (TPSA) is 142 Å². The van der Waals surface area contributed by atoms with Crippen LogP contribution in [0.15, 0.2) is 48.0 Å². The zero-order valence-corrected chi connectivity index (χ0v) is 14.2. The molecule has 7 nitrogen and oxygen atoms in total. The molecule has 0 aliphatic rings. The number of benzene rings is 2. The van der Waals surface area contributed by atoms with Crippen molar-refractivity contribution in [1.29, 1.82) is 0 Å². The summed E-state index contributed by atoms with van der Waals surface area (Å²) in [5, 5.41) is 2.16. The van der Waals surface area contributed by atoms with Crippen molar-refractivity contribution in [3.05, 3.63) is 64.7 Å². The van der Waals surface area contributed by atoms with Crippen LogP contribution in [0.3, 0.4) is 0 Å². The molecule has 1 heterocycles. The van der Waals surface area contributed by atoms with Gasteiger partial charge in [-0.2, -0.15) is 0 Å². The van der Waals surface area contributed by atoms with Crippen molar-refractivity contribution in [2.75, 3.05) is 0 Å². The molecule has 0 saturated heterocycles. The standard InChI is InChI=1S/C18H14N4O3S/c19-15(23)10-3-1-2-9(8-10)11-4-5-12(16(20)24)14(13(11)17(21)25)18-22-6-7-26-18/h1-8H,(H2,19,23)(H2,20,24)(H2,21,25). The lowest BCUT2D eigenvalue weighted by atomic mass is 9.90.